The minimum atomic E-state index is -2.70. The van der Waals surface area contributed by atoms with Crippen LogP contribution in [0.1, 0.15) is 17.7 Å². The van der Waals surface area contributed by atoms with Gasteiger partial charge in [-0.25, -0.2) is 8.78 Å². The Labute approximate surface area is 72.2 Å². The van der Waals surface area contributed by atoms with Crippen molar-refractivity contribution in [3.05, 3.63) is 32.7 Å². The second-order valence-corrected chi connectivity index (χ2v) is 2.73. The van der Waals surface area contributed by atoms with Crippen molar-refractivity contribution in [1.29, 1.82) is 0 Å². The Morgan fingerprint density at radius 3 is 2.58 bits per heavy atom. The molecule has 0 bridgehead atoms. The number of hydrogen-bond acceptors (Lipinski definition) is 1. The number of halogens is 3. The van der Waals surface area contributed by atoms with E-state index in [4.69, 9.17) is 11.6 Å². The standard InChI is InChI=1S/C7H6ClF2NO/c1-3-4(8)2-5(6(9)10)11-7(3)12/h2,6H,1H3,(H,11,12). The van der Waals surface area contributed by atoms with Gasteiger partial charge in [-0.3, -0.25) is 4.79 Å². The van der Waals surface area contributed by atoms with Crippen LogP contribution in [0.4, 0.5) is 8.78 Å². The predicted octanol–water partition coefficient (Wildman–Crippen LogP) is 2.27. The SMILES string of the molecule is Cc1c(Cl)cc(C(F)F)[nH]c1=O. The second kappa shape index (κ2) is 3.23. The molecule has 1 N–H and O–H groups in total. The first-order valence-corrected chi connectivity index (χ1v) is 3.57. The summed E-state index contributed by atoms with van der Waals surface area (Å²) in [7, 11) is 0. The average Bonchev–Trinajstić information content (AvgIpc) is 1.99. The highest BCUT2D eigenvalue weighted by Crippen LogP contribution is 2.19. The lowest BCUT2D eigenvalue weighted by Gasteiger charge is -2.01. The number of rotatable bonds is 1. The molecule has 1 aromatic heterocycles. The molecule has 0 unspecified atom stereocenters. The van der Waals surface area contributed by atoms with Gasteiger partial charge in [0.2, 0.25) is 0 Å². The van der Waals surface area contributed by atoms with E-state index in [0.717, 1.165) is 6.07 Å². The van der Waals surface area contributed by atoms with Crippen LogP contribution in [-0.2, 0) is 0 Å². The Morgan fingerprint density at radius 2 is 2.17 bits per heavy atom. The molecule has 0 saturated heterocycles. The van der Waals surface area contributed by atoms with Gasteiger partial charge in [-0.05, 0) is 13.0 Å². The van der Waals surface area contributed by atoms with E-state index in [1.165, 1.54) is 6.92 Å². The van der Waals surface area contributed by atoms with E-state index >= 15 is 0 Å². The Morgan fingerprint density at radius 1 is 1.58 bits per heavy atom. The van der Waals surface area contributed by atoms with Crippen LogP contribution in [0.25, 0.3) is 0 Å². The van der Waals surface area contributed by atoms with E-state index in [1.807, 2.05) is 4.98 Å². The normalized spacial score (nSPS) is 10.8. The van der Waals surface area contributed by atoms with Crippen LogP contribution >= 0.6 is 11.6 Å². The molecule has 0 radical (unpaired) electrons. The molecular weight excluding hydrogens is 188 g/mol. The third-order valence-electron chi connectivity index (χ3n) is 1.47. The molecule has 0 saturated carbocycles. The van der Waals surface area contributed by atoms with Gasteiger partial charge in [-0.2, -0.15) is 0 Å². The zero-order valence-corrected chi connectivity index (χ0v) is 6.95. The first-order valence-electron chi connectivity index (χ1n) is 3.20. The maximum Gasteiger partial charge on any atom is 0.278 e. The van der Waals surface area contributed by atoms with Crippen molar-refractivity contribution in [2.45, 2.75) is 13.3 Å². The minimum Gasteiger partial charge on any atom is -0.321 e. The van der Waals surface area contributed by atoms with Gasteiger partial charge in [-0.15, -0.1) is 0 Å². The number of aromatic amines is 1. The smallest absolute Gasteiger partial charge is 0.278 e. The third-order valence-corrected chi connectivity index (χ3v) is 1.87. The molecule has 2 nitrogen and oxygen atoms in total. The Bertz CT molecular complexity index is 348. The van der Waals surface area contributed by atoms with Gasteiger partial charge in [-0.1, -0.05) is 11.6 Å². The largest absolute Gasteiger partial charge is 0.321 e. The number of alkyl halides is 2. The van der Waals surface area contributed by atoms with Gasteiger partial charge in [0, 0.05) is 5.56 Å². The lowest BCUT2D eigenvalue weighted by Crippen LogP contribution is -2.12. The van der Waals surface area contributed by atoms with Gasteiger partial charge in [0.1, 0.15) is 0 Å². The van der Waals surface area contributed by atoms with Crippen molar-refractivity contribution >= 4 is 11.6 Å². The van der Waals surface area contributed by atoms with E-state index in [1.54, 1.807) is 0 Å². The number of H-pyrrole nitrogens is 1. The lowest BCUT2D eigenvalue weighted by molar-refractivity contribution is 0.146. The van der Waals surface area contributed by atoms with E-state index in [9.17, 15) is 13.6 Å². The summed E-state index contributed by atoms with van der Waals surface area (Å²) in [5, 5.41) is 0.0639. The lowest BCUT2D eigenvalue weighted by atomic mass is 10.3. The van der Waals surface area contributed by atoms with Crippen LogP contribution in [0.15, 0.2) is 10.9 Å². The van der Waals surface area contributed by atoms with Crippen molar-refractivity contribution in [3.8, 4) is 0 Å². The summed E-state index contributed by atoms with van der Waals surface area (Å²) >= 11 is 5.51. The molecule has 1 aromatic rings. The van der Waals surface area contributed by atoms with Gasteiger partial charge < -0.3 is 4.98 Å². The fraction of sp³-hybridized carbons (Fsp3) is 0.286. The zero-order valence-electron chi connectivity index (χ0n) is 6.20. The van der Waals surface area contributed by atoms with E-state index in [-0.39, 0.29) is 10.6 Å². The number of aromatic nitrogens is 1. The molecule has 0 aliphatic rings. The first kappa shape index (κ1) is 9.19. The number of hydrogen-bond donors (Lipinski definition) is 1. The van der Waals surface area contributed by atoms with Crippen LogP contribution < -0.4 is 5.56 Å². The summed E-state index contributed by atoms with van der Waals surface area (Å²) < 4.78 is 24.1. The second-order valence-electron chi connectivity index (χ2n) is 2.33. The Kier molecular flexibility index (Phi) is 2.47. The maximum absolute atomic E-state index is 12.0. The molecular formula is C7H6ClF2NO. The first-order chi connectivity index (χ1) is 5.52. The zero-order chi connectivity index (χ0) is 9.30. The fourth-order valence-electron chi connectivity index (χ4n) is 0.732. The molecule has 0 aliphatic heterocycles. The average molecular weight is 194 g/mol. The van der Waals surface area contributed by atoms with Crippen molar-refractivity contribution in [3.63, 3.8) is 0 Å². The highest BCUT2D eigenvalue weighted by Gasteiger charge is 2.10. The summed E-state index contributed by atoms with van der Waals surface area (Å²) in [4.78, 5) is 12.9. The summed E-state index contributed by atoms with van der Waals surface area (Å²) in [6, 6.07) is 1.06. The summed E-state index contributed by atoms with van der Waals surface area (Å²) in [6.07, 6.45) is -2.70. The molecule has 0 aromatic carbocycles. The summed E-state index contributed by atoms with van der Waals surface area (Å²) in [6.45, 7) is 1.47. The predicted molar refractivity (Wildman–Crippen MR) is 41.8 cm³/mol. The van der Waals surface area contributed by atoms with Crippen molar-refractivity contribution in [2.24, 2.45) is 0 Å². The molecule has 0 atom stereocenters. The van der Waals surface area contributed by atoms with Crippen LogP contribution in [0.3, 0.4) is 0 Å². The molecule has 1 rings (SSSR count). The highest BCUT2D eigenvalue weighted by molar-refractivity contribution is 6.31. The van der Waals surface area contributed by atoms with Crippen LogP contribution in [0.5, 0.6) is 0 Å². The van der Waals surface area contributed by atoms with Gasteiger partial charge in [0.25, 0.3) is 12.0 Å². The highest BCUT2D eigenvalue weighted by atomic mass is 35.5. The molecule has 0 spiro atoms. The van der Waals surface area contributed by atoms with Crippen molar-refractivity contribution in [2.75, 3.05) is 0 Å². The van der Waals surface area contributed by atoms with E-state index in [2.05, 4.69) is 0 Å². The van der Waals surface area contributed by atoms with Crippen LogP contribution in [0.2, 0.25) is 5.02 Å². The Hall–Kier alpha value is -0.900. The maximum atomic E-state index is 12.0. The number of nitrogens with one attached hydrogen (secondary N) is 1. The van der Waals surface area contributed by atoms with Crippen molar-refractivity contribution in [1.82, 2.24) is 4.98 Å². The summed E-state index contributed by atoms with van der Waals surface area (Å²) in [5.41, 5.74) is -0.769. The van der Waals surface area contributed by atoms with Gasteiger partial charge >= 0.3 is 0 Å². The summed E-state index contributed by atoms with van der Waals surface area (Å²) in [5.74, 6) is 0. The van der Waals surface area contributed by atoms with Crippen molar-refractivity contribution < 1.29 is 8.78 Å². The molecule has 66 valence electrons. The molecule has 1 heterocycles. The number of pyridine rings is 1. The fourth-order valence-corrected chi connectivity index (χ4v) is 0.935. The Balaban J connectivity index is 3.31. The van der Waals surface area contributed by atoms with E-state index < -0.39 is 17.7 Å². The molecule has 0 amide bonds. The third kappa shape index (κ3) is 1.64. The molecule has 0 fully saturated rings. The molecule has 12 heavy (non-hydrogen) atoms. The van der Waals surface area contributed by atoms with E-state index in [0.29, 0.717) is 0 Å². The van der Waals surface area contributed by atoms with Gasteiger partial charge in [0.05, 0.1) is 10.7 Å². The van der Waals surface area contributed by atoms with Crippen LogP contribution in [0, 0.1) is 6.92 Å². The van der Waals surface area contributed by atoms with Gasteiger partial charge in [0.15, 0.2) is 0 Å². The quantitative estimate of drug-likeness (QED) is 0.729. The molecule has 5 heteroatoms. The molecule has 0 aliphatic carbocycles. The topological polar surface area (TPSA) is 32.9 Å². The van der Waals surface area contributed by atoms with Crippen LogP contribution in [-0.4, -0.2) is 4.98 Å². The minimum absolute atomic E-state index is 0.0639. The monoisotopic (exact) mass is 193 g/mol.